The molecule has 0 bridgehead atoms. The summed E-state index contributed by atoms with van der Waals surface area (Å²) in [4.78, 5) is 4.57. The molecule has 0 amide bonds. The second-order valence-corrected chi connectivity index (χ2v) is 6.04. The standard InChI is InChI=1S/C13H12Cl3NS/c14-6-2-3-9-8-18-13(17-9)7-10-11(15)4-1-5-12(10)16/h1,4-5,8H,2-3,6-7H2. The Morgan fingerprint density at radius 1 is 1.17 bits per heavy atom. The third-order valence-corrected chi connectivity index (χ3v) is 4.43. The average Bonchev–Trinajstić information content (AvgIpc) is 2.79. The lowest BCUT2D eigenvalue weighted by Gasteiger charge is -2.04. The van der Waals surface area contributed by atoms with Crippen molar-refractivity contribution in [3.8, 4) is 0 Å². The van der Waals surface area contributed by atoms with Crippen molar-refractivity contribution in [1.29, 1.82) is 0 Å². The van der Waals surface area contributed by atoms with E-state index < -0.39 is 0 Å². The lowest BCUT2D eigenvalue weighted by atomic mass is 10.1. The lowest BCUT2D eigenvalue weighted by Crippen LogP contribution is -1.92. The van der Waals surface area contributed by atoms with Gasteiger partial charge in [0.2, 0.25) is 0 Å². The Bertz CT molecular complexity index is 504. The second kappa shape index (κ2) is 6.76. The van der Waals surface area contributed by atoms with Crippen molar-refractivity contribution in [1.82, 2.24) is 4.98 Å². The SMILES string of the molecule is ClCCCc1csc(Cc2c(Cl)cccc2Cl)n1. The number of hydrogen-bond acceptors (Lipinski definition) is 2. The van der Waals surface area contributed by atoms with E-state index in [9.17, 15) is 0 Å². The topological polar surface area (TPSA) is 12.9 Å². The summed E-state index contributed by atoms with van der Waals surface area (Å²) in [7, 11) is 0. The van der Waals surface area contributed by atoms with Gasteiger partial charge in [-0.2, -0.15) is 0 Å². The van der Waals surface area contributed by atoms with Gasteiger partial charge in [0.1, 0.15) is 0 Å². The van der Waals surface area contributed by atoms with Crippen molar-refractivity contribution in [2.24, 2.45) is 0 Å². The molecule has 0 spiro atoms. The fraction of sp³-hybridized carbons (Fsp3) is 0.308. The van der Waals surface area contributed by atoms with E-state index in [0.717, 1.165) is 29.1 Å². The van der Waals surface area contributed by atoms with Crippen LogP contribution < -0.4 is 0 Å². The van der Waals surface area contributed by atoms with Gasteiger partial charge in [0.25, 0.3) is 0 Å². The summed E-state index contributed by atoms with van der Waals surface area (Å²) in [5.74, 6) is 0.670. The molecular formula is C13H12Cl3NS. The number of rotatable bonds is 5. The van der Waals surface area contributed by atoms with Crippen molar-refractivity contribution in [3.63, 3.8) is 0 Å². The van der Waals surface area contributed by atoms with Crippen LogP contribution in [0.3, 0.4) is 0 Å². The molecule has 2 aromatic rings. The number of thiazole rings is 1. The van der Waals surface area contributed by atoms with Gasteiger partial charge >= 0.3 is 0 Å². The predicted molar refractivity (Wildman–Crippen MR) is 80.4 cm³/mol. The third kappa shape index (κ3) is 3.61. The zero-order valence-electron chi connectivity index (χ0n) is 9.63. The van der Waals surface area contributed by atoms with E-state index in [4.69, 9.17) is 34.8 Å². The number of halogens is 3. The van der Waals surface area contributed by atoms with Gasteiger partial charge in [0.15, 0.2) is 0 Å². The van der Waals surface area contributed by atoms with E-state index in [-0.39, 0.29) is 0 Å². The molecule has 0 atom stereocenters. The molecular weight excluding hydrogens is 309 g/mol. The number of benzene rings is 1. The predicted octanol–water partition coefficient (Wildman–Crippen LogP) is 5.21. The molecule has 0 radical (unpaired) electrons. The van der Waals surface area contributed by atoms with Gasteiger partial charge < -0.3 is 0 Å². The zero-order valence-corrected chi connectivity index (χ0v) is 12.7. The summed E-state index contributed by atoms with van der Waals surface area (Å²) < 4.78 is 0. The maximum Gasteiger partial charge on any atom is 0.0973 e. The molecule has 2 rings (SSSR count). The Hall–Kier alpha value is -0.280. The Labute approximate surface area is 126 Å². The van der Waals surface area contributed by atoms with Gasteiger partial charge in [-0.25, -0.2) is 4.98 Å². The van der Waals surface area contributed by atoms with Crippen LogP contribution in [0.4, 0.5) is 0 Å². The highest BCUT2D eigenvalue weighted by molar-refractivity contribution is 7.09. The highest BCUT2D eigenvalue weighted by atomic mass is 35.5. The molecule has 1 aromatic carbocycles. The van der Waals surface area contributed by atoms with Crippen LogP contribution >= 0.6 is 46.1 Å². The molecule has 0 fully saturated rings. The molecule has 5 heteroatoms. The van der Waals surface area contributed by atoms with Crippen molar-refractivity contribution < 1.29 is 0 Å². The minimum atomic E-state index is 0.670. The number of nitrogens with zero attached hydrogens (tertiary/aromatic N) is 1. The van der Waals surface area contributed by atoms with Gasteiger partial charge in [0.05, 0.1) is 10.7 Å². The maximum atomic E-state index is 6.14. The lowest BCUT2D eigenvalue weighted by molar-refractivity contribution is 0.889. The molecule has 18 heavy (non-hydrogen) atoms. The fourth-order valence-corrected chi connectivity index (χ4v) is 3.15. The molecule has 0 unspecified atom stereocenters. The Balaban J connectivity index is 2.11. The first-order chi connectivity index (χ1) is 8.70. The maximum absolute atomic E-state index is 6.14. The van der Waals surface area contributed by atoms with Crippen LogP contribution in [0.5, 0.6) is 0 Å². The molecule has 0 saturated carbocycles. The number of alkyl halides is 1. The first-order valence-corrected chi connectivity index (χ1v) is 7.80. The first-order valence-electron chi connectivity index (χ1n) is 5.63. The van der Waals surface area contributed by atoms with Crippen LogP contribution in [0.15, 0.2) is 23.6 Å². The van der Waals surface area contributed by atoms with Gasteiger partial charge in [-0.1, -0.05) is 29.3 Å². The van der Waals surface area contributed by atoms with E-state index >= 15 is 0 Å². The van der Waals surface area contributed by atoms with Crippen LogP contribution in [0.2, 0.25) is 10.0 Å². The molecule has 0 N–H and O–H groups in total. The van der Waals surface area contributed by atoms with E-state index in [1.54, 1.807) is 11.3 Å². The molecule has 0 aliphatic carbocycles. The Morgan fingerprint density at radius 2 is 1.89 bits per heavy atom. The van der Waals surface area contributed by atoms with Gasteiger partial charge in [-0.3, -0.25) is 0 Å². The summed E-state index contributed by atoms with van der Waals surface area (Å²) in [6.45, 7) is 0. The van der Waals surface area contributed by atoms with E-state index in [2.05, 4.69) is 10.4 Å². The smallest absolute Gasteiger partial charge is 0.0973 e. The van der Waals surface area contributed by atoms with E-state index in [1.165, 1.54) is 0 Å². The van der Waals surface area contributed by atoms with Crippen LogP contribution in [-0.2, 0) is 12.8 Å². The summed E-state index contributed by atoms with van der Waals surface area (Å²) in [5, 5.41) is 4.50. The molecule has 1 heterocycles. The van der Waals surface area contributed by atoms with Crippen LogP contribution in [0, 0.1) is 0 Å². The minimum Gasteiger partial charge on any atom is -0.246 e. The van der Waals surface area contributed by atoms with Gasteiger partial charge in [-0.05, 0) is 30.5 Å². The Morgan fingerprint density at radius 3 is 2.56 bits per heavy atom. The third-order valence-electron chi connectivity index (χ3n) is 2.56. The average molecular weight is 321 g/mol. The van der Waals surface area contributed by atoms with Crippen LogP contribution in [0.1, 0.15) is 22.7 Å². The summed E-state index contributed by atoms with van der Waals surface area (Å²) in [6, 6.07) is 5.55. The van der Waals surface area contributed by atoms with E-state index in [1.807, 2.05) is 18.2 Å². The van der Waals surface area contributed by atoms with Gasteiger partial charge in [-0.15, -0.1) is 22.9 Å². The largest absolute Gasteiger partial charge is 0.246 e. The second-order valence-electron chi connectivity index (χ2n) is 3.90. The van der Waals surface area contributed by atoms with Crippen molar-refractivity contribution in [2.45, 2.75) is 19.3 Å². The highest BCUT2D eigenvalue weighted by Gasteiger charge is 2.09. The summed E-state index contributed by atoms with van der Waals surface area (Å²) in [6.07, 6.45) is 2.57. The first kappa shape index (κ1) is 14.1. The Kier molecular flexibility index (Phi) is 5.31. The summed E-state index contributed by atoms with van der Waals surface area (Å²) >= 11 is 19.6. The number of hydrogen-bond donors (Lipinski definition) is 0. The van der Waals surface area contributed by atoms with Crippen LogP contribution in [0.25, 0.3) is 0 Å². The van der Waals surface area contributed by atoms with Gasteiger partial charge in [0, 0.05) is 27.7 Å². The van der Waals surface area contributed by atoms with E-state index in [0.29, 0.717) is 22.3 Å². The molecule has 1 nitrogen and oxygen atoms in total. The molecule has 96 valence electrons. The zero-order chi connectivity index (χ0) is 13.0. The van der Waals surface area contributed by atoms with Crippen molar-refractivity contribution in [2.75, 3.05) is 5.88 Å². The molecule has 1 aromatic heterocycles. The minimum absolute atomic E-state index is 0.670. The quantitative estimate of drug-likeness (QED) is 0.689. The van der Waals surface area contributed by atoms with Crippen molar-refractivity contribution >= 4 is 46.1 Å². The molecule has 0 saturated heterocycles. The normalized spacial score (nSPS) is 10.8. The van der Waals surface area contributed by atoms with Crippen LogP contribution in [-0.4, -0.2) is 10.9 Å². The monoisotopic (exact) mass is 319 g/mol. The molecule has 0 aliphatic rings. The fourth-order valence-electron chi connectivity index (χ4n) is 1.65. The number of aryl methyl sites for hydroxylation is 1. The number of aromatic nitrogens is 1. The summed E-state index contributed by atoms with van der Waals surface area (Å²) in [5.41, 5.74) is 2.04. The van der Waals surface area contributed by atoms with Crippen molar-refractivity contribution in [3.05, 3.63) is 49.9 Å². The molecule has 0 aliphatic heterocycles. The highest BCUT2D eigenvalue weighted by Crippen LogP contribution is 2.27.